The van der Waals surface area contributed by atoms with Crippen molar-refractivity contribution in [2.75, 3.05) is 24.5 Å². The van der Waals surface area contributed by atoms with Gasteiger partial charge in [-0.2, -0.15) is 18.3 Å². The number of hydrogen-bond acceptors (Lipinski definition) is 6. The van der Waals surface area contributed by atoms with Crippen LogP contribution in [0.15, 0.2) is 43.0 Å². The van der Waals surface area contributed by atoms with Gasteiger partial charge in [0.2, 0.25) is 0 Å². The number of fused-ring (bicyclic) bond motifs is 1. The number of rotatable bonds is 4. The number of hydrogen-bond donors (Lipinski definition) is 2. The van der Waals surface area contributed by atoms with E-state index < -0.39 is 11.7 Å². The second-order valence-electron chi connectivity index (χ2n) is 7.92. The largest absolute Gasteiger partial charge is 0.417 e. The second-order valence-corrected chi connectivity index (χ2v) is 7.92. The number of nitrogens with one attached hydrogen (secondary N) is 2. The van der Waals surface area contributed by atoms with E-state index in [2.05, 4.69) is 35.0 Å². The van der Waals surface area contributed by atoms with Gasteiger partial charge in [0, 0.05) is 56.4 Å². The van der Waals surface area contributed by atoms with E-state index in [1.54, 1.807) is 12.4 Å². The third kappa shape index (κ3) is 3.91. The molecule has 0 bridgehead atoms. The molecule has 4 aromatic rings. The number of nitrogens with zero attached hydrogens (tertiary/aromatic N) is 6. The highest BCUT2D eigenvalue weighted by Gasteiger charge is 2.32. The first-order chi connectivity index (χ1) is 15.4. The van der Waals surface area contributed by atoms with Crippen molar-refractivity contribution in [3.05, 3.63) is 54.1 Å². The van der Waals surface area contributed by atoms with Crippen LogP contribution in [0.1, 0.15) is 18.1 Å². The fourth-order valence-electron chi connectivity index (χ4n) is 4.09. The van der Waals surface area contributed by atoms with Crippen molar-refractivity contribution in [1.29, 1.82) is 0 Å². The van der Waals surface area contributed by atoms with E-state index in [4.69, 9.17) is 0 Å². The van der Waals surface area contributed by atoms with Crippen LogP contribution in [0.25, 0.3) is 22.6 Å². The first-order valence-corrected chi connectivity index (χ1v) is 10.2. The number of halogens is 3. The highest BCUT2D eigenvalue weighted by molar-refractivity contribution is 5.78. The Balaban J connectivity index is 1.28. The van der Waals surface area contributed by atoms with Gasteiger partial charge in [0.15, 0.2) is 5.82 Å². The average molecular weight is 442 g/mol. The molecule has 5 rings (SSSR count). The Bertz CT molecular complexity index is 1180. The van der Waals surface area contributed by atoms with Gasteiger partial charge in [0.05, 0.1) is 17.3 Å². The summed E-state index contributed by atoms with van der Waals surface area (Å²) in [6.45, 7) is 4.90. The highest BCUT2D eigenvalue weighted by atomic mass is 19.4. The monoisotopic (exact) mass is 442 g/mol. The van der Waals surface area contributed by atoms with E-state index in [1.165, 1.54) is 6.07 Å². The van der Waals surface area contributed by atoms with Gasteiger partial charge in [0.1, 0.15) is 17.0 Å². The SMILES string of the molecule is CC1CN(Cc2c[nH]nc2-c2nc3cnccc3[nH]2)CCN1c1ccc(C(F)(F)F)cn1. The highest BCUT2D eigenvalue weighted by Crippen LogP contribution is 2.30. The molecule has 1 saturated heterocycles. The molecule has 8 nitrogen and oxygen atoms in total. The molecule has 0 aliphatic carbocycles. The molecule has 1 fully saturated rings. The van der Waals surface area contributed by atoms with Crippen LogP contribution in [0.2, 0.25) is 0 Å². The molecule has 0 saturated carbocycles. The van der Waals surface area contributed by atoms with Crippen molar-refractivity contribution in [2.45, 2.75) is 25.7 Å². The number of anilines is 1. The Morgan fingerprint density at radius 1 is 1.16 bits per heavy atom. The van der Waals surface area contributed by atoms with Gasteiger partial charge in [-0.25, -0.2) is 9.97 Å². The molecular formula is C21H21F3N8. The number of imidazole rings is 1. The molecule has 1 unspecified atom stereocenters. The fourth-order valence-corrected chi connectivity index (χ4v) is 4.09. The van der Waals surface area contributed by atoms with Crippen molar-refractivity contribution < 1.29 is 13.2 Å². The van der Waals surface area contributed by atoms with Crippen molar-refractivity contribution in [1.82, 2.24) is 35.0 Å². The molecule has 0 spiro atoms. The minimum absolute atomic E-state index is 0.0978. The first kappa shape index (κ1) is 20.4. The lowest BCUT2D eigenvalue weighted by Gasteiger charge is -2.40. The van der Waals surface area contributed by atoms with Crippen LogP contribution < -0.4 is 4.90 Å². The molecule has 1 aliphatic rings. The quantitative estimate of drug-likeness (QED) is 0.503. The van der Waals surface area contributed by atoms with Crippen LogP contribution in [-0.2, 0) is 12.7 Å². The lowest BCUT2D eigenvalue weighted by atomic mass is 10.1. The summed E-state index contributed by atoms with van der Waals surface area (Å²) in [4.78, 5) is 20.3. The van der Waals surface area contributed by atoms with Crippen LogP contribution in [0.5, 0.6) is 0 Å². The topological polar surface area (TPSA) is 89.6 Å². The number of piperazine rings is 1. The van der Waals surface area contributed by atoms with E-state index in [1.807, 2.05) is 24.1 Å². The summed E-state index contributed by atoms with van der Waals surface area (Å²) < 4.78 is 38.4. The minimum atomic E-state index is -4.38. The number of aromatic amines is 2. The van der Waals surface area contributed by atoms with Gasteiger partial charge in [0.25, 0.3) is 0 Å². The van der Waals surface area contributed by atoms with Crippen molar-refractivity contribution in [3.8, 4) is 11.5 Å². The number of H-pyrrole nitrogens is 2. The summed E-state index contributed by atoms with van der Waals surface area (Å²) in [5, 5.41) is 7.31. The summed E-state index contributed by atoms with van der Waals surface area (Å²) in [7, 11) is 0. The second kappa shape index (κ2) is 7.90. The zero-order chi connectivity index (χ0) is 22.3. The molecule has 0 aromatic carbocycles. The summed E-state index contributed by atoms with van der Waals surface area (Å²) in [5.74, 6) is 1.25. The van der Waals surface area contributed by atoms with Crippen molar-refractivity contribution >= 4 is 16.9 Å². The van der Waals surface area contributed by atoms with Crippen molar-refractivity contribution in [3.63, 3.8) is 0 Å². The third-order valence-electron chi connectivity index (χ3n) is 5.70. The van der Waals surface area contributed by atoms with Crippen LogP contribution >= 0.6 is 0 Å². The predicted octanol–water partition coefficient (Wildman–Crippen LogP) is 3.47. The molecule has 1 aliphatic heterocycles. The summed E-state index contributed by atoms with van der Waals surface area (Å²) in [6, 6.07) is 4.50. The molecule has 1 atom stereocenters. The van der Waals surface area contributed by atoms with Gasteiger partial charge in [-0.3, -0.25) is 15.0 Å². The zero-order valence-corrected chi connectivity index (χ0v) is 17.3. The van der Waals surface area contributed by atoms with Crippen LogP contribution in [-0.4, -0.2) is 60.7 Å². The molecule has 4 aromatic heterocycles. The van der Waals surface area contributed by atoms with Gasteiger partial charge >= 0.3 is 6.18 Å². The van der Waals surface area contributed by atoms with E-state index in [0.29, 0.717) is 24.7 Å². The van der Waals surface area contributed by atoms with Gasteiger partial charge < -0.3 is 9.88 Å². The number of alkyl halides is 3. The van der Waals surface area contributed by atoms with Gasteiger partial charge in [-0.05, 0) is 25.1 Å². The lowest BCUT2D eigenvalue weighted by Crippen LogP contribution is -2.51. The normalized spacial score (nSPS) is 17.9. The van der Waals surface area contributed by atoms with E-state index in [0.717, 1.165) is 47.6 Å². The molecule has 0 amide bonds. The lowest BCUT2D eigenvalue weighted by molar-refractivity contribution is -0.137. The van der Waals surface area contributed by atoms with Crippen LogP contribution in [0, 0.1) is 0 Å². The molecule has 11 heteroatoms. The maximum Gasteiger partial charge on any atom is 0.417 e. The molecular weight excluding hydrogens is 421 g/mol. The number of aromatic nitrogens is 6. The average Bonchev–Trinajstić information content (AvgIpc) is 3.40. The van der Waals surface area contributed by atoms with E-state index in [9.17, 15) is 13.2 Å². The molecule has 166 valence electrons. The maximum atomic E-state index is 12.8. The molecule has 5 heterocycles. The summed E-state index contributed by atoms with van der Waals surface area (Å²) in [5.41, 5.74) is 2.73. The minimum Gasteiger partial charge on any atom is -0.351 e. The Morgan fingerprint density at radius 2 is 2.03 bits per heavy atom. The van der Waals surface area contributed by atoms with E-state index >= 15 is 0 Å². The summed E-state index contributed by atoms with van der Waals surface area (Å²) in [6.07, 6.45) is 1.80. The van der Waals surface area contributed by atoms with Crippen LogP contribution in [0.4, 0.5) is 19.0 Å². The van der Waals surface area contributed by atoms with Crippen LogP contribution in [0.3, 0.4) is 0 Å². The smallest absolute Gasteiger partial charge is 0.351 e. The standard InChI is InChI=1S/C21H21F3N8/c1-13-11-31(6-7-32(13)18-3-2-15(9-26-18)21(22,23)24)12-14-8-27-30-19(14)20-28-16-4-5-25-10-17(16)29-20/h2-5,8-10,13H,6-7,11-12H2,1H3,(H,27,30)(H,28,29). The third-order valence-corrected chi connectivity index (χ3v) is 5.70. The van der Waals surface area contributed by atoms with E-state index in [-0.39, 0.29) is 6.04 Å². The molecule has 32 heavy (non-hydrogen) atoms. The molecule has 2 N–H and O–H groups in total. The van der Waals surface area contributed by atoms with Crippen molar-refractivity contribution in [2.24, 2.45) is 0 Å². The Labute approximate surface area is 181 Å². The zero-order valence-electron chi connectivity index (χ0n) is 17.3. The predicted molar refractivity (Wildman–Crippen MR) is 113 cm³/mol. The first-order valence-electron chi connectivity index (χ1n) is 10.2. The Kier molecular flexibility index (Phi) is 5.04. The Hall–Kier alpha value is -3.47. The molecule has 0 radical (unpaired) electrons. The number of pyridine rings is 2. The Morgan fingerprint density at radius 3 is 2.75 bits per heavy atom. The maximum absolute atomic E-state index is 12.8. The van der Waals surface area contributed by atoms with Gasteiger partial charge in [-0.15, -0.1) is 0 Å². The fraction of sp³-hybridized carbons (Fsp3) is 0.333. The summed E-state index contributed by atoms with van der Waals surface area (Å²) >= 11 is 0. The van der Waals surface area contributed by atoms with Gasteiger partial charge in [-0.1, -0.05) is 0 Å².